The summed E-state index contributed by atoms with van der Waals surface area (Å²) in [6, 6.07) is 0. The topological polar surface area (TPSA) is 33.2 Å². The Labute approximate surface area is 87.8 Å². The molecule has 2 heterocycles. The van der Waals surface area contributed by atoms with E-state index < -0.39 is 0 Å². The van der Waals surface area contributed by atoms with E-state index in [0.29, 0.717) is 0 Å². The lowest BCUT2D eigenvalue weighted by atomic mass is 9.99. The van der Waals surface area contributed by atoms with Gasteiger partial charge < -0.3 is 9.69 Å². The average molecular weight is 210 g/mol. The highest BCUT2D eigenvalue weighted by molar-refractivity contribution is 7.13. The average Bonchev–Trinajstić information content (AvgIpc) is 2.65. The molecule has 4 heteroatoms. The van der Waals surface area contributed by atoms with Crippen LogP contribution < -0.4 is 4.90 Å². The third kappa shape index (κ3) is 1.95. The van der Waals surface area contributed by atoms with Gasteiger partial charge in [0.25, 0.3) is 0 Å². The van der Waals surface area contributed by atoms with Crippen molar-refractivity contribution in [2.45, 2.75) is 19.8 Å². The second-order valence-corrected chi connectivity index (χ2v) is 4.57. The standard InChI is InChI=1S/C10H14N2OS/c1-8-7-14-10(11-8)12-4-2-9(6-13)3-5-12/h6-7,9H,2-5H2,1H3. The molecule has 1 saturated heterocycles. The summed E-state index contributed by atoms with van der Waals surface area (Å²) in [5.74, 6) is 0.271. The van der Waals surface area contributed by atoms with Crippen molar-refractivity contribution in [3.05, 3.63) is 11.1 Å². The monoisotopic (exact) mass is 210 g/mol. The quantitative estimate of drug-likeness (QED) is 0.699. The molecule has 1 aliphatic heterocycles. The molecule has 0 spiro atoms. The molecular weight excluding hydrogens is 196 g/mol. The molecule has 1 aliphatic rings. The fraction of sp³-hybridized carbons (Fsp3) is 0.600. The van der Waals surface area contributed by atoms with Gasteiger partial charge in [0.1, 0.15) is 6.29 Å². The van der Waals surface area contributed by atoms with E-state index in [1.165, 1.54) is 0 Å². The largest absolute Gasteiger partial charge is 0.348 e. The summed E-state index contributed by atoms with van der Waals surface area (Å²) in [5.41, 5.74) is 1.09. The summed E-state index contributed by atoms with van der Waals surface area (Å²) in [6.45, 7) is 3.95. The Bertz CT molecular complexity index is 316. The smallest absolute Gasteiger partial charge is 0.185 e. The number of carbonyl (C=O) groups is 1. The Kier molecular flexibility index (Phi) is 2.82. The first kappa shape index (κ1) is 9.65. The number of hydrogen-bond acceptors (Lipinski definition) is 4. The lowest BCUT2D eigenvalue weighted by Crippen LogP contribution is -2.33. The predicted octanol–water partition coefficient (Wildman–Crippen LogP) is 1.87. The first-order chi connectivity index (χ1) is 6.79. The van der Waals surface area contributed by atoms with Crippen LogP contribution in [0.5, 0.6) is 0 Å². The van der Waals surface area contributed by atoms with Crippen LogP contribution in [0.3, 0.4) is 0 Å². The Morgan fingerprint density at radius 1 is 1.57 bits per heavy atom. The van der Waals surface area contributed by atoms with Gasteiger partial charge >= 0.3 is 0 Å². The second-order valence-electron chi connectivity index (χ2n) is 3.73. The van der Waals surface area contributed by atoms with Crippen LogP contribution in [0.1, 0.15) is 18.5 Å². The Morgan fingerprint density at radius 3 is 2.79 bits per heavy atom. The molecular formula is C10H14N2OS. The molecule has 0 N–H and O–H groups in total. The number of aryl methyl sites for hydroxylation is 1. The molecule has 1 fully saturated rings. The molecule has 1 aromatic rings. The number of nitrogens with zero attached hydrogens (tertiary/aromatic N) is 2. The summed E-state index contributed by atoms with van der Waals surface area (Å²) in [5, 5.41) is 3.17. The minimum atomic E-state index is 0.271. The fourth-order valence-electron chi connectivity index (χ4n) is 1.71. The van der Waals surface area contributed by atoms with E-state index in [4.69, 9.17) is 0 Å². The van der Waals surface area contributed by atoms with Crippen LogP contribution >= 0.6 is 11.3 Å². The van der Waals surface area contributed by atoms with Crippen LogP contribution in [0.4, 0.5) is 5.13 Å². The first-order valence-corrected chi connectivity index (χ1v) is 5.80. The van der Waals surface area contributed by atoms with E-state index in [-0.39, 0.29) is 5.92 Å². The van der Waals surface area contributed by atoms with E-state index in [1.807, 2.05) is 6.92 Å². The van der Waals surface area contributed by atoms with E-state index >= 15 is 0 Å². The molecule has 2 rings (SSSR count). The second kappa shape index (κ2) is 4.09. The van der Waals surface area contributed by atoms with Crippen molar-refractivity contribution < 1.29 is 4.79 Å². The Morgan fingerprint density at radius 2 is 2.29 bits per heavy atom. The molecule has 0 unspecified atom stereocenters. The maximum Gasteiger partial charge on any atom is 0.185 e. The minimum Gasteiger partial charge on any atom is -0.348 e. The predicted molar refractivity (Wildman–Crippen MR) is 57.9 cm³/mol. The number of aldehydes is 1. The highest BCUT2D eigenvalue weighted by atomic mass is 32.1. The Balaban J connectivity index is 1.98. The van der Waals surface area contributed by atoms with Crippen LogP contribution in [-0.4, -0.2) is 24.4 Å². The molecule has 3 nitrogen and oxygen atoms in total. The molecule has 0 saturated carbocycles. The number of thiazole rings is 1. The van der Waals surface area contributed by atoms with E-state index in [0.717, 1.165) is 43.0 Å². The van der Waals surface area contributed by atoms with Crippen LogP contribution in [0.15, 0.2) is 5.38 Å². The number of rotatable bonds is 2. The van der Waals surface area contributed by atoms with Crippen molar-refractivity contribution in [1.82, 2.24) is 4.98 Å². The molecule has 0 aliphatic carbocycles. The summed E-state index contributed by atoms with van der Waals surface area (Å²) >= 11 is 1.69. The highest BCUT2D eigenvalue weighted by Crippen LogP contribution is 2.25. The highest BCUT2D eigenvalue weighted by Gasteiger charge is 2.20. The van der Waals surface area contributed by atoms with Crippen LogP contribution in [-0.2, 0) is 4.79 Å². The molecule has 14 heavy (non-hydrogen) atoms. The van der Waals surface area contributed by atoms with E-state index in [9.17, 15) is 4.79 Å². The van der Waals surface area contributed by atoms with Gasteiger partial charge in [0.2, 0.25) is 0 Å². The van der Waals surface area contributed by atoms with Gasteiger partial charge in [-0.05, 0) is 19.8 Å². The summed E-state index contributed by atoms with van der Waals surface area (Å²) in [6.07, 6.45) is 3.04. The van der Waals surface area contributed by atoms with Crippen molar-refractivity contribution in [1.29, 1.82) is 0 Å². The zero-order valence-electron chi connectivity index (χ0n) is 8.27. The summed E-state index contributed by atoms with van der Waals surface area (Å²) < 4.78 is 0. The normalized spacial score (nSPS) is 18.5. The maximum absolute atomic E-state index is 10.6. The third-order valence-corrected chi connectivity index (χ3v) is 3.63. The molecule has 0 atom stereocenters. The molecule has 1 aromatic heterocycles. The van der Waals surface area contributed by atoms with E-state index in [2.05, 4.69) is 15.3 Å². The zero-order chi connectivity index (χ0) is 9.97. The van der Waals surface area contributed by atoms with Gasteiger partial charge in [0, 0.05) is 24.4 Å². The SMILES string of the molecule is Cc1csc(N2CCC(C=O)CC2)n1. The van der Waals surface area contributed by atoms with Gasteiger partial charge in [0.05, 0.1) is 5.69 Å². The first-order valence-electron chi connectivity index (χ1n) is 4.92. The lowest BCUT2D eigenvalue weighted by Gasteiger charge is -2.29. The summed E-state index contributed by atoms with van der Waals surface area (Å²) in [4.78, 5) is 17.3. The number of anilines is 1. The van der Waals surface area contributed by atoms with Crippen molar-refractivity contribution in [2.75, 3.05) is 18.0 Å². The zero-order valence-corrected chi connectivity index (χ0v) is 9.09. The number of aromatic nitrogens is 1. The molecule has 0 bridgehead atoms. The van der Waals surface area contributed by atoms with E-state index in [1.54, 1.807) is 11.3 Å². The number of carbonyl (C=O) groups excluding carboxylic acids is 1. The maximum atomic E-state index is 10.6. The van der Waals surface area contributed by atoms with Crippen LogP contribution in [0.25, 0.3) is 0 Å². The molecule has 0 aromatic carbocycles. The van der Waals surface area contributed by atoms with Gasteiger partial charge in [-0.3, -0.25) is 0 Å². The van der Waals surface area contributed by atoms with Crippen molar-refractivity contribution in [2.24, 2.45) is 5.92 Å². The number of piperidine rings is 1. The van der Waals surface area contributed by atoms with Crippen LogP contribution in [0.2, 0.25) is 0 Å². The molecule has 0 amide bonds. The van der Waals surface area contributed by atoms with Gasteiger partial charge in [0.15, 0.2) is 5.13 Å². The van der Waals surface area contributed by atoms with Crippen molar-refractivity contribution in [3.8, 4) is 0 Å². The fourth-order valence-corrected chi connectivity index (χ4v) is 2.57. The van der Waals surface area contributed by atoms with Gasteiger partial charge in [-0.15, -0.1) is 11.3 Å². The molecule has 0 radical (unpaired) electrons. The van der Waals surface area contributed by atoms with Gasteiger partial charge in [-0.1, -0.05) is 0 Å². The Hall–Kier alpha value is -0.900. The van der Waals surface area contributed by atoms with Crippen LogP contribution in [0, 0.1) is 12.8 Å². The summed E-state index contributed by atoms with van der Waals surface area (Å²) in [7, 11) is 0. The van der Waals surface area contributed by atoms with Gasteiger partial charge in [-0.2, -0.15) is 0 Å². The number of hydrogen-bond donors (Lipinski definition) is 0. The third-order valence-electron chi connectivity index (χ3n) is 2.61. The van der Waals surface area contributed by atoms with Crippen molar-refractivity contribution in [3.63, 3.8) is 0 Å². The minimum absolute atomic E-state index is 0.271. The molecule has 76 valence electrons. The lowest BCUT2D eigenvalue weighted by molar-refractivity contribution is -0.111. The van der Waals surface area contributed by atoms with Crippen molar-refractivity contribution >= 4 is 22.8 Å². The van der Waals surface area contributed by atoms with Gasteiger partial charge in [-0.25, -0.2) is 4.98 Å².